The molecular weight excluding hydrogens is 349 g/mol. The summed E-state index contributed by atoms with van der Waals surface area (Å²) in [5.74, 6) is 0.493. The number of nitrogens with zero attached hydrogens (tertiary/aromatic N) is 2. The summed E-state index contributed by atoms with van der Waals surface area (Å²) in [6.45, 7) is 0. The molecule has 138 valence electrons. The summed E-state index contributed by atoms with van der Waals surface area (Å²) < 4.78 is 23.7. The summed E-state index contributed by atoms with van der Waals surface area (Å²) in [6.07, 6.45) is 1.52. The third-order valence-electron chi connectivity index (χ3n) is 3.88. The SMILES string of the molecule is COc1cccc(CC(=O)Nc2cc(-c3ccc(F)c(OC)c3)ncn2)c1. The highest BCUT2D eigenvalue weighted by molar-refractivity contribution is 5.91. The largest absolute Gasteiger partial charge is 0.497 e. The van der Waals surface area contributed by atoms with E-state index in [0.29, 0.717) is 22.8 Å². The van der Waals surface area contributed by atoms with Gasteiger partial charge in [-0.2, -0.15) is 0 Å². The molecule has 1 heterocycles. The van der Waals surface area contributed by atoms with Crippen LogP contribution in [0.25, 0.3) is 11.3 Å². The first kappa shape index (κ1) is 18.3. The number of carbonyl (C=O) groups excluding carboxylic acids is 1. The van der Waals surface area contributed by atoms with Crippen LogP contribution in [0, 0.1) is 5.82 Å². The van der Waals surface area contributed by atoms with Gasteiger partial charge < -0.3 is 14.8 Å². The van der Waals surface area contributed by atoms with Gasteiger partial charge in [0.25, 0.3) is 0 Å². The first-order valence-corrected chi connectivity index (χ1v) is 8.18. The van der Waals surface area contributed by atoms with Gasteiger partial charge in [0.15, 0.2) is 11.6 Å². The molecule has 0 spiro atoms. The maximum absolute atomic E-state index is 13.6. The molecule has 0 radical (unpaired) electrons. The lowest BCUT2D eigenvalue weighted by Gasteiger charge is -2.08. The van der Waals surface area contributed by atoms with E-state index in [4.69, 9.17) is 9.47 Å². The Morgan fingerprint density at radius 3 is 2.70 bits per heavy atom. The second-order valence-electron chi connectivity index (χ2n) is 5.71. The molecule has 0 saturated heterocycles. The topological polar surface area (TPSA) is 73.3 Å². The van der Waals surface area contributed by atoms with Crippen LogP contribution < -0.4 is 14.8 Å². The predicted molar refractivity (Wildman–Crippen MR) is 99.3 cm³/mol. The molecule has 0 unspecified atom stereocenters. The molecule has 3 aromatic rings. The summed E-state index contributed by atoms with van der Waals surface area (Å²) in [5, 5.41) is 2.74. The number of rotatable bonds is 6. The van der Waals surface area contributed by atoms with Gasteiger partial charge in [-0.1, -0.05) is 12.1 Å². The van der Waals surface area contributed by atoms with Gasteiger partial charge in [-0.05, 0) is 35.9 Å². The summed E-state index contributed by atoms with van der Waals surface area (Å²) >= 11 is 0. The lowest BCUT2D eigenvalue weighted by atomic mass is 10.1. The standard InChI is InChI=1S/C20H18FN3O3/c1-26-15-5-3-4-13(8-15)9-20(25)24-19-11-17(22-12-23-19)14-6-7-16(21)18(10-14)27-2/h3-8,10-12H,9H2,1-2H3,(H,22,23,24,25). The zero-order valence-corrected chi connectivity index (χ0v) is 14.9. The molecule has 0 saturated carbocycles. The normalized spacial score (nSPS) is 10.3. The summed E-state index contributed by atoms with van der Waals surface area (Å²) in [4.78, 5) is 20.5. The van der Waals surface area contributed by atoms with Crippen molar-refractivity contribution in [2.45, 2.75) is 6.42 Å². The Morgan fingerprint density at radius 2 is 1.93 bits per heavy atom. The van der Waals surface area contributed by atoms with Crippen molar-refractivity contribution in [1.29, 1.82) is 0 Å². The fraction of sp³-hybridized carbons (Fsp3) is 0.150. The second-order valence-corrected chi connectivity index (χ2v) is 5.71. The average Bonchev–Trinajstić information content (AvgIpc) is 2.68. The smallest absolute Gasteiger partial charge is 0.229 e. The number of aromatic nitrogens is 2. The van der Waals surface area contributed by atoms with E-state index in [2.05, 4.69) is 15.3 Å². The molecule has 0 aliphatic heterocycles. The highest BCUT2D eigenvalue weighted by atomic mass is 19.1. The molecule has 7 heteroatoms. The third-order valence-corrected chi connectivity index (χ3v) is 3.88. The number of hydrogen-bond acceptors (Lipinski definition) is 5. The molecule has 6 nitrogen and oxygen atoms in total. The van der Waals surface area contributed by atoms with E-state index >= 15 is 0 Å². The van der Waals surface area contributed by atoms with Crippen molar-refractivity contribution in [2.24, 2.45) is 0 Å². The van der Waals surface area contributed by atoms with Crippen molar-refractivity contribution in [3.63, 3.8) is 0 Å². The van der Waals surface area contributed by atoms with E-state index in [-0.39, 0.29) is 18.1 Å². The van der Waals surface area contributed by atoms with Gasteiger partial charge in [0.2, 0.25) is 5.91 Å². The number of carbonyl (C=O) groups is 1. The number of methoxy groups -OCH3 is 2. The first-order valence-electron chi connectivity index (χ1n) is 8.18. The summed E-state index contributed by atoms with van der Waals surface area (Å²) in [5.41, 5.74) is 2.02. The molecule has 0 aliphatic rings. The Balaban J connectivity index is 1.74. The molecule has 0 aliphatic carbocycles. The van der Waals surface area contributed by atoms with Crippen LogP contribution in [0.5, 0.6) is 11.5 Å². The van der Waals surface area contributed by atoms with Crippen LogP contribution in [0.3, 0.4) is 0 Å². The highest BCUT2D eigenvalue weighted by Crippen LogP contribution is 2.26. The Kier molecular flexibility index (Phi) is 5.61. The van der Waals surface area contributed by atoms with Crippen LogP contribution in [-0.4, -0.2) is 30.1 Å². The van der Waals surface area contributed by atoms with E-state index < -0.39 is 5.82 Å². The third kappa shape index (κ3) is 4.58. The predicted octanol–water partition coefficient (Wildman–Crippen LogP) is 3.48. The summed E-state index contributed by atoms with van der Waals surface area (Å²) in [7, 11) is 2.97. The number of amides is 1. The van der Waals surface area contributed by atoms with Crippen molar-refractivity contribution < 1.29 is 18.7 Å². The van der Waals surface area contributed by atoms with Crippen LogP contribution in [0.1, 0.15) is 5.56 Å². The zero-order chi connectivity index (χ0) is 19.2. The number of ether oxygens (including phenoxy) is 2. The van der Waals surface area contributed by atoms with Gasteiger partial charge in [0.1, 0.15) is 17.9 Å². The molecule has 0 atom stereocenters. The maximum Gasteiger partial charge on any atom is 0.229 e. The van der Waals surface area contributed by atoms with Gasteiger partial charge in [-0.3, -0.25) is 4.79 Å². The second kappa shape index (κ2) is 8.27. The maximum atomic E-state index is 13.6. The Hall–Kier alpha value is -3.48. The van der Waals surface area contributed by atoms with E-state index in [1.807, 2.05) is 18.2 Å². The van der Waals surface area contributed by atoms with Crippen molar-refractivity contribution in [3.8, 4) is 22.8 Å². The van der Waals surface area contributed by atoms with Crippen molar-refractivity contribution in [3.05, 3.63) is 66.2 Å². The number of benzene rings is 2. The number of anilines is 1. The Morgan fingerprint density at radius 1 is 1.07 bits per heavy atom. The van der Waals surface area contributed by atoms with Crippen molar-refractivity contribution >= 4 is 11.7 Å². The lowest BCUT2D eigenvalue weighted by molar-refractivity contribution is -0.115. The fourth-order valence-corrected chi connectivity index (χ4v) is 2.56. The quantitative estimate of drug-likeness (QED) is 0.722. The van der Waals surface area contributed by atoms with Crippen LogP contribution in [0.2, 0.25) is 0 Å². The van der Waals surface area contributed by atoms with Gasteiger partial charge in [-0.25, -0.2) is 14.4 Å². The fourth-order valence-electron chi connectivity index (χ4n) is 2.56. The molecule has 1 amide bonds. The Bertz CT molecular complexity index is 963. The molecule has 0 bridgehead atoms. The number of halogens is 1. The van der Waals surface area contributed by atoms with Crippen molar-refractivity contribution in [1.82, 2.24) is 9.97 Å². The number of hydrogen-bond donors (Lipinski definition) is 1. The van der Waals surface area contributed by atoms with Crippen LogP contribution in [-0.2, 0) is 11.2 Å². The molecule has 1 N–H and O–H groups in total. The van der Waals surface area contributed by atoms with E-state index in [1.165, 1.54) is 19.5 Å². The zero-order valence-electron chi connectivity index (χ0n) is 14.9. The molecule has 27 heavy (non-hydrogen) atoms. The van der Waals surface area contributed by atoms with Gasteiger partial charge >= 0.3 is 0 Å². The minimum Gasteiger partial charge on any atom is -0.497 e. The first-order chi connectivity index (χ1) is 13.1. The van der Waals surface area contributed by atoms with E-state index in [0.717, 1.165) is 5.56 Å². The minimum atomic E-state index is -0.456. The molecule has 1 aromatic heterocycles. The van der Waals surface area contributed by atoms with Crippen LogP contribution >= 0.6 is 0 Å². The molecule has 0 fully saturated rings. The molecule has 2 aromatic carbocycles. The Labute approximate surface area is 156 Å². The minimum absolute atomic E-state index is 0.120. The lowest BCUT2D eigenvalue weighted by Crippen LogP contribution is -2.15. The van der Waals surface area contributed by atoms with Crippen LogP contribution in [0.15, 0.2) is 54.9 Å². The number of nitrogens with one attached hydrogen (secondary N) is 1. The van der Waals surface area contributed by atoms with E-state index in [9.17, 15) is 9.18 Å². The van der Waals surface area contributed by atoms with Gasteiger partial charge in [-0.15, -0.1) is 0 Å². The summed E-state index contributed by atoms with van der Waals surface area (Å²) in [6, 6.07) is 13.3. The van der Waals surface area contributed by atoms with Gasteiger partial charge in [0, 0.05) is 11.6 Å². The van der Waals surface area contributed by atoms with Gasteiger partial charge in [0.05, 0.1) is 26.3 Å². The molecular formula is C20H18FN3O3. The van der Waals surface area contributed by atoms with Crippen LogP contribution in [0.4, 0.5) is 10.2 Å². The molecule has 3 rings (SSSR count). The van der Waals surface area contributed by atoms with E-state index in [1.54, 1.807) is 31.4 Å². The monoisotopic (exact) mass is 367 g/mol. The average molecular weight is 367 g/mol. The van der Waals surface area contributed by atoms with Crippen molar-refractivity contribution in [2.75, 3.05) is 19.5 Å². The highest BCUT2D eigenvalue weighted by Gasteiger charge is 2.10.